The smallest absolute Gasteiger partial charge is 0.125 e. The van der Waals surface area contributed by atoms with Crippen LogP contribution in [0.25, 0.3) is 0 Å². The second kappa shape index (κ2) is 5.72. The van der Waals surface area contributed by atoms with E-state index in [9.17, 15) is 0 Å². The van der Waals surface area contributed by atoms with Crippen LogP contribution in [0.1, 0.15) is 56.2 Å². The number of thiazole rings is 1. The highest BCUT2D eigenvalue weighted by Gasteiger charge is 2.41. The van der Waals surface area contributed by atoms with E-state index in [1.54, 1.807) is 11.3 Å². The molecular weight excluding hydrogens is 272 g/mol. The van der Waals surface area contributed by atoms with E-state index in [-0.39, 0.29) is 11.1 Å². The van der Waals surface area contributed by atoms with E-state index in [1.807, 2.05) is 0 Å². The molecule has 1 aromatic heterocycles. The maximum Gasteiger partial charge on any atom is 0.125 e. The van der Waals surface area contributed by atoms with Gasteiger partial charge in [-0.25, -0.2) is 4.98 Å². The Labute approximate surface area is 124 Å². The number of ether oxygens (including phenoxy) is 2. The lowest BCUT2D eigenvalue weighted by molar-refractivity contribution is -0.0394. The van der Waals surface area contributed by atoms with E-state index in [2.05, 4.69) is 12.3 Å². The highest BCUT2D eigenvalue weighted by Crippen LogP contribution is 2.44. The van der Waals surface area contributed by atoms with Gasteiger partial charge in [-0.3, -0.25) is 0 Å². The number of nitrogens with zero attached hydrogens (tertiary/aromatic N) is 1. The molecule has 0 radical (unpaired) electrons. The Hall–Kier alpha value is -0.490. The van der Waals surface area contributed by atoms with Gasteiger partial charge < -0.3 is 15.2 Å². The van der Waals surface area contributed by atoms with Crippen LogP contribution in [-0.2, 0) is 20.6 Å². The highest BCUT2D eigenvalue weighted by atomic mass is 32.1. The zero-order valence-corrected chi connectivity index (χ0v) is 13.0. The third-order valence-electron chi connectivity index (χ3n) is 4.62. The quantitative estimate of drug-likeness (QED) is 0.928. The lowest BCUT2D eigenvalue weighted by atomic mass is 9.88. The minimum absolute atomic E-state index is 0.140. The maximum absolute atomic E-state index is 6.53. The van der Waals surface area contributed by atoms with Gasteiger partial charge in [0.15, 0.2) is 0 Å². The number of aromatic nitrogens is 1. The Morgan fingerprint density at radius 1 is 1.30 bits per heavy atom. The van der Waals surface area contributed by atoms with Gasteiger partial charge in [0.2, 0.25) is 0 Å². The molecule has 1 aliphatic heterocycles. The average molecular weight is 296 g/mol. The first-order valence-electron chi connectivity index (χ1n) is 7.66. The molecule has 2 N–H and O–H groups in total. The topological polar surface area (TPSA) is 57.4 Å². The van der Waals surface area contributed by atoms with Crippen LogP contribution in [0.2, 0.25) is 0 Å². The van der Waals surface area contributed by atoms with Crippen molar-refractivity contribution in [3.8, 4) is 0 Å². The third-order valence-corrected chi connectivity index (χ3v) is 5.65. The van der Waals surface area contributed by atoms with E-state index in [0.717, 1.165) is 56.2 Å². The molecular formula is C15H24N2O2S. The fourth-order valence-electron chi connectivity index (χ4n) is 3.35. The summed E-state index contributed by atoms with van der Waals surface area (Å²) < 4.78 is 11.5. The molecule has 1 aromatic rings. The van der Waals surface area contributed by atoms with Crippen LogP contribution in [0.4, 0.5) is 0 Å². The fourth-order valence-corrected chi connectivity index (χ4v) is 4.49. The molecule has 1 saturated heterocycles. The standard InChI is InChI=1S/C15H24N2O2S/c1-2-19-15(5-3-4-6-15)13-17-12(11-20-13)14(16)7-9-18-10-8-14/h11H,2-10,16H2,1H3. The summed E-state index contributed by atoms with van der Waals surface area (Å²) >= 11 is 1.72. The Morgan fingerprint density at radius 2 is 2.00 bits per heavy atom. The molecule has 0 spiro atoms. The minimum Gasteiger partial charge on any atom is -0.381 e. The van der Waals surface area contributed by atoms with Crippen LogP contribution in [0.3, 0.4) is 0 Å². The number of rotatable bonds is 4. The van der Waals surface area contributed by atoms with Crippen molar-refractivity contribution in [2.45, 2.75) is 56.6 Å². The van der Waals surface area contributed by atoms with Crippen molar-refractivity contribution in [1.29, 1.82) is 0 Å². The zero-order chi connectivity index (χ0) is 14.1. The summed E-state index contributed by atoms with van der Waals surface area (Å²) in [5.74, 6) is 0. The highest BCUT2D eigenvalue weighted by molar-refractivity contribution is 7.09. The molecule has 2 aliphatic rings. The predicted octanol–water partition coefficient (Wildman–Crippen LogP) is 2.91. The molecule has 20 heavy (non-hydrogen) atoms. The summed E-state index contributed by atoms with van der Waals surface area (Å²) in [6.07, 6.45) is 6.37. The van der Waals surface area contributed by atoms with E-state index in [4.69, 9.17) is 20.2 Å². The molecule has 1 aliphatic carbocycles. The molecule has 0 bridgehead atoms. The van der Waals surface area contributed by atoms with E-state index in [1.165, 1.54) is 12.8 Å². The zero-order valence-electron chi connectivity index (χ0n) is 12.2. The first-order valence-corrected chi connectivity index (χ1v) is 8.54. The molecule has 5 heteroatoms. The molecule has 3 rings (SSSR count). The van der Waals surface area contributed by atoms with Gasteiger partial charge >= 0.3 is 0 Å². The normalized spacial score (nSPS) is 24.9. The minimum atomic E-state index is -0.307. The summed E-state index contributed by atoms with van der Waals surface area (Å²) in [6.45, 7) is 4.29. The van der Waals surface area contributed by atoms with Gasteiger partial charge in [0.25, 0.3) is 0 Å². The summed E-state index contributed by atoms with van der Waals surface area (Å²) in [4.78, 5) is 4.89. The van der Waals surface area contributed by atoms with E-state index >= 15 is 0 Å². The molecule has 0 atom stereocenters. The van der Waals surface area contributed by atoms with Crippen LogP contribution in [0.5, 0.6) is 0 Å². The first-order chi connectivity index (χ1) is 9.69. The predicted molar refractivity (Wildman–Crippen MR) is 79.8 cm³/mol. The van der Waals surface area contributed by atoms with Crippen LogP contribution in [0, 0.1) is 0 Å². The van der Waals surface area contributed by atoms with Crippen molar-refractivity contribution >= 4 is 11.3 Å². The fraction of sp³-hybridized carbons (Fsp3) is 0.800. The van der Waals surface area contributed by atoms with Crippen LogP contribution < -0.4 is 5.73 Å². The molecule has 1 saturated carbocycles. The van der Waals surface area contributed by atoms with Crippen LogP contribution >= 0.6 is 11.3 Å². The third kappa shape index (κ3) is 2.52. The van der Waals surface area contributed by atoms with E-state index in [0.29, 0.717) is 0 Å². The Bertz CT molecular complexity index is 448. The van der Waals surface area contributed by atoms with Crippen molar-refractivity contribution in [3.63, 3.8) is 0 Å². The Morgan fingerprint density at radius 3 is 2.65 bits per heavy atom. The first kappa shape index (κ1) is 14.4. The summed E-state index contributed by atoms with van der Waals surface area (Å²) in [5, 5.41) is 3.27. The van der Waals surface area contributed by atoms with Crippen molar-refractivity contribution in [2.75, 3.05) is 19.8 Å². The monoisotopic (exact) mass is 296 g/mol. The van der Waals surface area contributed by atoms with E-state index < -0.39 is 0 Å². The van der Waals surface area contributed by atoms with Gasteiger partial charge in [0, 0.05) is 25.2 Å². The van der Waals surface area contributed by atoms with Crippen LogP contribution in [0.15, 0.2) is 5.38 Å². The van der Waals surface area contributed by atoms with Crippen LogP contribution in [-0.4, -0.2) is 24.8 Å². The average Bonchev–Trinajstić information content (AvgIpc) is 3.09. The van der Waals surface area contributed by atoms with Crippen molar-refractivity contribution in [3.05, 3.63) is 16.1 Å². The Balaban J connectivity index is 1.85. The lowest BCUT2D eigenvalue weighted by Crippen LogP contribution is -2.42. The number of nitrogens with two attached hydrogens (primary N) is 1. The van der Waals surface area contributed by atoms with Gasteiger partial charge in [-0.05, 0) is 32.6 Å². The largest absolute Gasteiger partial charge is 0.381 e. The van der Waals surface area contributed by atoms with Crippen molar-refractivity contribution in [1.82, 2.24) is 4.98 Å². The second-order valence-corrected chi connectivity index (χ2v) is 6.80. The maximum atomic E-state index is 6.53. The summed E-state index contributed by atoms with van der Waals surface area (Å²) in [7, 11) is 0. The molecule has 0 unspecified atom stereocenters. The van der Waals surface area contributed by atoms with Gasteiger partial charge in [-0.15, -0.1) is 11.3 Å². The molecule has 2 fully saturated rings. The molecule has 112 valence electrons. The SMILES string of the molecule is CCOC1(c2nc(C3(N)CCOCC3)cs2)CCCC1. The number of hydrogen-bond donors (Lipinski definition) is 1. The van der Waals surface area contributed by atoms with Crippen molar-refractivity contribution in [2.24, 2.45) is 5.73 Å². The summed E-state index contributed by atoms with van der Waals surface area (Å²) in [5.41, 5.74) is 7.12. The van der Waals surface area contributed by atoms with Gasteiger partial charge in [0.1, 0.15) is 10.6 Å². The Kier molecular flexibility index (Phi) is 4.13. The number of hydrogen-bond acceptors (Lipinski definition) is 5. The van der Waals surface area contributed by atoms with Crippen molar-refractivity contribution < 1.29 is 9.47 Å². The molecule has 4 nitrogen and oxygen atoms in total. The van der Waals surface area contributed by atoms with Gasteiger partial charge in [-0.2, -0.15) is 0 Å². The second-order valence-electron chi connectivity index (χ2n) is 5.94. The van der Waals surface area contributed by atoms with Gasteiger partial charge in [-0.1, -0.05) is 12.8 Å². The summed E-state index contributed by atoms with van der Waals surface area (Å²) in [6, 6.07) is 0. The molecule has 0 amide bonds. The molecule has 0 aromatic carbocycles. The van der Waals surface area contributed by atoms with Gasteiger partial charge in [0.05, 0.1) is 11.2 Å². The lowest BCUT2D eigenvalue weighted by Gasteiger charge is -2.32. The molecule has 2 heterocycles.